The molecule has 0 saturated heterocycles. The third kappa shape index (κ3) is 12.8. The molecule has 6 heteroatoms. The molecule has 0 atom stereocenters. The van der Waals surface area contributed by atoms with E-state index in [0.717, 1.165) is 32.2 Å². The average Bonchev–Trinajstić information content (AvgIpc) is 2.33. The van der Waals surface area contributed by atoms with Crippen LogP contribution in [0.25, 0.3) is 0 Å². The lowest BCUT2D eigenvalue weighted by Crippen LogP contribution is -2.37. The van der Waals surface area contributed by atoms with Gasteiger partial charge in [-0.25, -0.2) is 4.79 Å². The Hall–Kier alpha value is -1.30. The van der Waals surface area contributed by atoms with Crippen molar-refractivity contribution in [3.05, 3.63) is 0 Å². The number of nitrogens with one attached hydrogen (secondary N) is 3. The van der Waals surface area contributed by atoms with Crippen LogP contribution in [-0.4, -0.2) is 43.8 Å². The quantitative estimate of drug-likeness (QED) is 0.415. The molecule has 0 rings (SSSR count). The summed E-state index contributed by atoms with van der Waals surface area (Å²) in [5, 5.41) is 17.0. The molecular formula is C12H25N3O3. The lowest BCUT2D eigenvalue weighted by molar-refractivity contribution is -0.137. The van der Waals surface area contributed by atoms with Crippen molar-refractivity contribution in [2.75, 3.05) is 26.7 Å². The molecule has 0 heterocycles. The normalized spacial score (nSPS) is 10.1. The van der Waals surface area contributed by atoms with Crippen LogP contribution in [0.4, 0.5) is 4.79 Å². The van der Waals surface area contributed by atoms with E-state index in [9.17, 15) is 9.59 Å². The molecule has 0 aliphatic carbocycles. The predicted octanol–water partition coefficient (Wildman–Crippen LogP) is 0.930. The summed E-state index contributed by atoms with van der Waals surface area (Å²) in [6.45, 7) is 2.21. The maximum Gasteiger partial charge on any atom is 0.314 e. The van der Waals surface area contributed by atoms with Crippen molar-refractivity contribution in [3.8, 4) is 0 Å². The second-order valence-electron chi connectivity index (χ2n) is 4.20. The molecule has 0 fully saturated rings. The number of carbonyl (C=O) groups is 2. The zero-order valence-electron chi connectivity index (χ0n) is 11.1. The zero-order valence-corrected chi connectivity index (χ0v) is 11.1. The summed E-state index contributed by atoms with van der Waals surface area (Å²) in [7, 11) is 1.88. The Morgan fingerprint density at radius 1 is 0.889 bits per heavy atom. The van der Waals surface area contributed by atoms with Gasteiger partial charge in [0, 0.05) is 19.5 Å². The predicted molar refractivity (Wildman–Crippen MR) is 70.7 cm³/mol. The summed E-state index contributed by atoms with van der Waals surface area (Å²) in [5.74, 6) is -0.742. The number of carboxylic acid groups (broad SMARTS) is 1. The monoisotopic (exact) mass is 259 g/mol. The number of carboxylic acids is 1. The van der Waals surface area contributed by atoms with Gasteiger partial charge in [-0.15, -0.1) is 0 Å². The molecule has 0 unspecified atom stereocenters. The first-order valence-corrected chi connectivity index (χ1v) is 6.55. The highest BCUT2D eigenvalue weighted by atomic mass is 16.4. The lowest BCUT2D eigenvalue weighted by Gasteiger charge is -2.07. The summed E-state index contributed by atoms with van der Waals surface area (Å²) in [4.78, 5) is 21.5. The minimum atomic E-state index is -0.742. The molecule has 106 valence electrons. The highest BCUT2D eigenvalue weighted by Gasteiger charge is 1.99. The third-order valence-electron chi connectivity index (χ3n) is 2.49. The molecule has 18 heavy (non-hydrogen) atoms. The van der Waals surface area contributed by atoms with Gasteiger partial charge in [-0.2, -0.15) is 0 Å². The molecule has 2 amide bonds. The fraction of sp³-hybridized carbons (Fsp3) is 0.833. The Bertz CT molecular complexity index is 235. The maximum atomic E-state index is 11.3. The van der Waals surface area contributed by atoms with Crippen molar-refractivity contribution in [1.29, 1.82) is 0 Å². The average molecular weight is 259 g/mol. The first-order valence-electron chi connectivity index (χ1n) is 6.55. The third-order valence-corrected chi connectivity index (χ3v) is 2.49. The van der Waals surface area contributed by atoms with Gasteiger partial charge in [0.2, 0.25) is 0 Å². The second-order valence-corrected chi connectivity index (χ2v) is 4.20. The topological polar surface area (TPSA) is 90.5 Å². The summed E-state index contributed by atoms with van der Waals surface area (Å²) in [6, 6.07) is -0.128. The minimum Gasteiger partial charge on any atom is -0.481 e. The first kappa shape index (κ1) is 16.7. The van der Waals surface area contributed by atoms with Crippen LogP contribution < -0.4 is 16.0 Å². The Labute approximate surface area is 109 Å². The van der Waals surface area contributed by atoms with Crippen LogP contribution in [0.3, 0.4) is 0 Å². The summed E-state index contributed by atoms with van der Waals surface area (Å²) in [5.41, 5.74) is 0. The van der Waals surface area contributed by atoms with Crippen molar-refractivity contribution in [2.24, 2.45) is 0 Å². The number of carbonyl (C=O) groups excluding carboxylic acids is 1. The molecule has 4 N–H and O–H groups in total. The van der Waals surface area contributed by atoms with E-state index in [1.165, 1.54) is 0 Å². The maximum absolute atomic E-state index is 11.3. The lowest BCUT2D eigenvalue weighted by atomic mass is 10.1. The summed E-state index contributed by atoms with van der Waals surface area (Å²) >= 11 is 0. The fourth-order valence-corrected chi connectivity index (χ4v) is 1.49. The van der Waals surface area contributed by atoms with Crippen molar-refractivity contribution >= 4 is 12.0 Å². The number of hydrogen-bond acceptors (Lipinski definition) is 3. The molecule has 0 aromatic carbocycles. The van der Waals surface area contributed by atoms with E-state index in [-0.39, 0.29) is 12.5 Å². The number of unbranched alkanes of at least 4 members (excludes halogenated alkanes) is 3. The molecule has 6 nitrogen and oxygen atoms in total. The molecule has 0 aliphatic heterocycles. The van der Waals surface area contributed by atoms with Gasteiger partial charge in [-0.05, 0) is 32.9 Å². The molecule has 0 aliphatic rings. The van der Waals surface area contributed by atoms with E-state index in [0.29, 0.717) is 19.5 Å². The van der Waals surface area contributed by atoms with Crippen LogP contribution in [0.5, 0.6) is 0 Å². The Balaban J connectivity index is 3.17. The Morgan fingerprint density at radius 2 is 1.50 bits per heavy atom. The van der Waals surface area contributed by atoms with E-state index in [4.69, 9.17) is 5.11 Å². The van der Waals surface area contributed by atoms with E-state index in [1.54, 1.807) is 0 Å². The highest BCUT2D eigenvalue weighted by Crippen LogP contribution is 2.01. The van der Waals surface area contributed by atoms with Gasteiger partial charge in [-0.1, -0.05) is 12.8 Å². The molecule has 0 saturated carbocycles. The van der Waals surface area contributed by atoms with E-state index in [2.05, 4.69) is 16.0 Å². The number of amides is 2. The van der Waals surface area contributed by atoms with Crippen LogP contribution in [-0.2, 0) is 4.79 Å². The summed E-state index contributed by atoms with van der Waals surface area (Å²) in [6.07, 6.45) is 4.61. The van der Waals surface area contributed by atoms with E-state index in [1.807, 2.05) is 7.05 Å². The highest BCUT2D eigenvalue weighted by molar-refractivity contribution is 5.73. The van der Waals surface area contributed by atoms with E-state index >= 15 is 0 Å². The van der Waals surface area contributed by atoms with Gasteiger partial charge in [0.25, 0.3) is 0 Å². The second kappa shape index (κ2) is 12.2. The van der Waals surface area contributed by atoms with Gasteiger partial charge in [0.05, 0.1) is 0 Å². The van der Waals surface area contributed by atoms with E-state index < -0.39 is 5.97 Å². The van der Waals surface area contributed by atoms with Crippen molar-refractivity contribution in [1.82, 2.24) is 16.0 Å². The molecule has 0 spiro atoms. The molecule has 0 aromatic rings. The van der Waals surface area contributed by atoms with Gasteiger partial charge in [-0.3, -0.25) is 4.79 Å². The minimum absolute atomic E-state index is 0.128. The van der Waals surface area contributed by atoms with Crippen LogP contribution in [0.15, 0.2) is 0 Å². The van der Waals surface area contributed by atoms with Crippen LogP contribution in [0.1, 0.15) is 38.5 Å². The number of urea groups is 1. The molecule has 0 radical (unpaired) electrons. The molecule has 0 aromatic heterocycles. The SMILES string of the molecule is CNCCCNC(=O)NCCCCCCC(=O)O. The van der Waals surface area contributed by atoms with Crippen LogP contribution in [0.2, 0.25) is 0 Å². The fourth-order valence-electron chi connectivity index (χ4n) is 1.49. The largest absolute Gasteiger partial charge is 0.481 e. The van der Waals surface area contributed by atoms with Crippen LogP contribution in [0, 0.1) is 0 Å². The van der Waals surface area contributed by atoms with Gasteiger partial charge < -0.3 is 21.1 Å². The Morgan fingerprint density at radius 3 is 2.11 bits per heavy atom. The van der Waals surface area contributed by atoms with Crippen LogP contribution >= 0.6 is 0 Å². The summed E-state index contributed by atoms with van der Waals surface area (Å²) < 4.78 is 0. The Kier molecular flexibility index (Phi) is 11.3. The zero-order chi connectivity index (χ0) is 13.6. The van der Waals surface area contributed by atoms with Crippen molar-refractivity contribution in [2.45, 2.75) is 38.5 Å². The number of aliphatic carboxylic acids is 1. The molecule has 0 bridgehead atoms. The molecular weight excluding hydrogens is 234 g/mol. The van der Waals surface area contributed by atoms with Gasteiger partial charge in [0.15, 0.2) is 0 Å². The van der Waals surface area contributed by atoms with Gasteiger partial charge in [0.1, 0.15) is 0 Å². The van der Waals surface area contributed by atoms with Crippen molar-refractivity contribution in [3.63, 3.8) is 0 Å². The number of rotatable bonds is 11. The number of hydrogen-bond donors (Lipinski definition) is 4. The first-order chi connectivity index (χ1) is 8.66. The van der Waals surface area contributed by atoms with Gasteiger partial charge >= 0.3 is 12.0 Å². The smallest absolute Gasteiger partial charge is 0.314 e. The standard InChI is InChI=1S/C12H25N3O3/c1-13-8-6-10-15-12(18)14-9-5-3-2-4-7-11(16)17/h13H,2-10H2,1H3,(H,16,17)(H2,14,15,18). The van der Waals surface area contributed by atoms with Crippen molar-refractivity contribution < 1.29 is 14.7 Å².